The maximum atomic E-state index is 11.7. The molecule has 1 aliphatic rings. The fourth-order valence-corrected chi connectivity index (χ4v) is 2.51. The summed E-state index contributed by atoms with van der Waals surface area (Å²) in [6.45, 7) is -0.755. The van der Waals surface area contributed by atoms with E-state index in [4.69, 9.17) is 15.3 Å². The normalized spacial score (nSPS) is 31.0. The Kier molecular flexibility index (Phi) is 4.21. The highest BCUT2D eigenvalue weighted by Gasteiger charge is 2.44. The van der Waals surface area contributed by atoms with Crippen molar-refractivity contribution in [2.75, 3.05) is 6.61 Å². The molecule has 24 heavy (non-hydrogen) atoms. The van der Waals surface area contributed by atoms with Crippen LogP contribution >= 0.6 is 0 Å². The van der Waals surface area contributed by atoms with Gasteiger partial charge in [0.2, 0.25) is 6.29 Å². The number of hydrogen-bond donors (Lipinski definition) is 4. The second kappa shape index (κ2) is 6.50. The quantitative estimate of drug-likeness (QED) is 0.539. The highest BCUT2D eigenvalue weighted by atomic mass is 16.7. The Morgan fingerprint density at radius 2 is 2.00 bits per heavy atom. The molecule has 0 aliphatic carbocycles. The second-order valence-electron chi connectivity index (χ2n) is 5.57. The summed E-state index contributed by atoms with van der Waals surface area (Å²) in [6, 6.07) is 6.10. The maximum absolute atomic E-state index is 11.7. The lowest BCUT2D eigenvalue weighted by atomic mass is 9.99. The zero-order valence-corrected chi connectivity index (χ0v) is 12.5. The molecule has 1 unspecified atom stereocenters. The van der Waals surface area contributed by atoms with Crippen LogP contribution in [0.4, 0.5) is 0 Å². The molecule has 1 aromatic carbocycles. The van der Waals surface area contributed by atoms with Gasteiger partial charge in [-0.2, -0.15) is 0 Å². The van der Waals surface area contributed by atoms with E-state index in [1.807, 2.05) is 0 Å². The van der Waals surface area contributed by atoms with E-state index in [2.05, 4.69) is 0 Å². The molecule has 0 spiro atoms. The van der Waals surface area contributed by atoms with Crippen molar-refractivity contribution in [1.82, 2.24) is 0 Å². The van der Waals surface area contributed by atoms with Crippen molar-refractivity contribution in [3.8, 4) is 5.75 Å². The second-order valence-corrected chi connectivity index (χ2v) is 5.57. The van der Waals surface area contributed by atoms with Crippen LogP contribution < -0.4 is 10.4 Å². The molecule has 0 radical (unpaired) electrons. The minimum Gasteiger partial charge on any atom is -0.462 e. The lowest BCUT2D eigenvalue weighted by Crippen LogP contribution is -2.60. The molecule has 0 amide bonds. The van der Waals surface area contributed by atoms with Gasteiger partial charge in [-0.15, -0.1) is 0 Å². The molecule has 1 saturated heterocycles. The fourth-order valence-electron chi connectivity index (χ4n) is 2.51. The summed E-state index contributed by atoms with van der Waals surface area (Å²) in [7, 11) is 0. The van der Waals surface area contributed by atoms with Crippen LogP contribution in [0, 0.1) is 6.90 Å². The molecule has 2 heterocycles. The average molecular weight is 339 g/mol. The van der Waals surface area contributed by atoms with Gasteiger partial charge in [-0.1, -0.05) is 0 Å². The SMILES string of the molecule is [2H]Cc1cc2ccc(OC3O[C@H](CO)[C@H](O)[C@H](O)[C@H]3O)cc2oc1=O. The van der Waals surface area contributed by atoms with Crippen molar-refractivity contribution >= 4 is 11.0 Å². The van der Waals surface area contributed by atoms with Crippen molar-refractivity contribution in [1.29, 1.82) is 0 Å². The number of rotatable bonds is 3. The molecule has 5 atom stereocenters. The molecule has 4 N–H and O–H groups in total. The average Bonchev–Trinajstić information content (AvgIpc) is 2.61. The lowest BCUT2D eigenvalue weighted by molar-refractivity contribution is -0.277. The van der Waals surface area contributed by atoms with Crippen LogP contribution in [-0.2, 0) is 4.74 Å². The number of ether oxygens (including phenoxy) is 2. The van der Waals surface area contributed by atoms with E-state index in [1.165, 1.54) is 12.1 Å². The summed E-state index contributed by atoms with van der Waals surface area (Å²) in [4.78, 5) is 11.7. The standard InChI is InChI=1S/C16H18O8/c1-7-4-8-2-3-9(5-10(8)23-15(7)21)22-16-14(20)13(19)12(18)11(6-17)24-16/h2-5,11-14,16-20H,6H2,1H3/t11-,12+,13+,14-,16?/m1/s1/i1D. The van der Waals surface area contributed by atoms with Gasteiger partial charge in [0.05, 0.1) is 6.61 Å². The van der Waals surface area contributed by atoms with Crippen LogP contribution in [0.2, 0.25) is 0 Å². The Balaban J connectivity index is 1.86. The van der Waals surface area contributed by atoms with Gasteiger partial charge >= 0.3 is 5.63 Å². The molecule has 130 valence electrons. The Hall–Kier alpha value is -1.97. The van der Waals surface area contributed by atoms with Crippen LogP contribution in [0.15, 0.2) is 33.5 Å². The summed E-state index contributed by atoms with van der Waals surface area (Å²) >= 11 is 0. The third-order valence-corrected chi connectivity index (χ3v) is 3.88. The molecular formula is C16H18O8. The Labute approximate surface area is 137 Å². The van der Waals surface area contributed by atoms with Gasteiger partial charge in [-0.05, 0) is 25.1 Å². The summed E-state index contributed by atoms with van der Waals surface area (Å²) < 4.78 is 23.1. The summed E-state index contributed by atoms with van der Waals surface area (Å²) in [6.07, 6.45) is -6.97. The highest BCUT2D eigenvalue weighted by molar-refractivity contribution is 5.78. The molecule has 0 saturated carbocycles. The van der Waals surface area contributed by atoms with E-state index >= 15 is 0 Å². The van der Waals surface area contributed by atoms with Crippen molar-refractivity contribution in [2.24, 2.45) is 0 Å². The van der Waals surface area contributed by atoms with Gasteiger partial charge in [0.15, 0.2) is 0 Å². The van der Waals surface area contributed by atoms with Crippen LogP contribution in [0.1, 0.15) is 6.93 Å². The van der Waals surface area contributed by atoms with E-state index in [0.717, 1.165) is 0 Å². The van der Waals surface area contributed by atoms with Gasteiger partial charge < -0.3 is 34.3 Å². The first-order chi connectivity index (χ1) is 11.9. The summed E-state index contributed by atoms with van der Waals surface area (Å²) in [5.74, 6) is 0.193. The van der Waals surface area contributed by atoms with E-state index in [1.54, 1.807) is 12.1 Å². The van der Waals surface area contributed by atoms with Crippen LogP contribution in [0.25, 0.3) is 11.0 Å². The number of fused-ring (bicyclic) bond motifs is 1. The van der Waals surface area contributed by atoms with E-state index in [0.29, 0.717) is 5.39 Å². The van der Waals surface area contributed by atoms with Gasteiger partial charge in [-0.25, -0.2) is 4.79 Å². The first-order valence-electron chi connectivity index (χ1n) is 7.98. The first-order valence-corrected chi connectivity index (χ1v) is 7.27. The van der Waals surface area contributed by atoms with Crippen LogP contribution in [0.3, 0.4) is 0 Å². The third kappa shape index (κ3) is 3.02. The third-order valence-electron chi connectivity index (χ3n) is 3.88. The summed E-state index contributed by atoms with van der Waals surface area (Å²) in [5, 5.41) is 39.3. The largest absolute Gasteiger partial charge is 0.462 e. The lowest BCUT2D eigenvalue weighted by Gasteiger charge is -2.39. The molecule has 2 aromatic rings. The van der Waals surface area contributed by atoms with E-state index in [-0.39, 0.29) is 23.8 Å². The smallest absolute Gasteiger partial charge is 0.339 e. The van der Waals surface area contributed by atoms with Gasteiger partial charge in [-0.3, -0.25) is 0 Å². The minimum absolute atomic E-state index is 0.193. The van der Waals surface area contributed by atoms with Crippen LogP contribution in [-0.4, -0.2) is 57.7 Å². The molecule has 3 rings (SSSR count). The van der Waals surface area contributed by atoms with Crippen molar-refractivity contribution in [2.45, 2.75) is 37.6 Å². The zero-order chi connectivity index (χ0) is 18.1. The van der Waals surface area contributed by atoms with E-state index < -0.39 is 42.9 Å². The topological polar surface area (TPSA) is 130 Å². The molecule has 8 heteroatoms. The molecule has 8 nitrogen and oxygen atoms in total. The predicted octanol–water partition coefficient (Wildman–Crippen LogP) is -0.720. The molecule has 1 aromatic heterocycles. The van der Waals surface area contributed by atoms with Crippen molar-refractivity contribution in [3.63, 3.8) is 0 Å². The number of aliphatic hydroxyl groups excluding tert-OH is 4. The summed E-state index contributed by atoms with van der Waals surface area (Å²) in [5.41, 5.74) is -0.160. The van der Waals surface area contributed by atoms with Gasteiger partial charge in [0.25, 0.3) is 0 Å². The van der Waals surface area contributed by atoms with Crippen molar-refractivity contribution in [3.05, 3.63) is 40.2 Å². The van der Waals surface area contributed by atoms with Crippen LogP contribution in [0.5, 0.6) is 5.75 Å². The number of aliphatic hydroxyl groups is 4. The minimum atomic E-state index is -1.55. The van der Waals surface area contributed by atoms with Crippen molar-refractivity contribution < 1.29 is 35.7 Å². The fraction of sp³-hybridized carbons (Fsp3) is 0.438. The van der Waals surface area contributed by atoms with E-state index in [9.17, 15) is 25.2 Å². The number of aryl methyl sites for hydroxylation is 1. The monoisotopic (exact) mass is 339 g/mol. The first kappa shape index (κ1) is 15.6. The zero-order valence-electron chi connectivity index (χ0n) is 13.5. The Morgan fingerprint density at radius 3 is 2.71 bits per heavy atom. The molecule has 0 bridgehead atoms. The molecule has 1 fully saturated rings. The molecule has 1 aliphatic heterocycles. The highest BCUT2D eigenvalue weighted by Crippen LogP contribution is 2.26. The Morgan fingerprint density at radius 1 is 1.21 bits per heavy atom. The predicted molar refractivity (Wildman–Crippen MR) is 81.6 cm³/mol. The molecular weight excluding hydrogens is 320 g/mol. The van der Waals surface area contributed by atoms with Gasteiger partial charge in [0.1, 0.15) is 35.7 Å². The number of hydrogen-bond acceptors (Lipinski definition) is 8. The number of benzene rings is 1. The maximum Gasteiger partial charge on any atom is 0.339 e. The Bertz CT molecular complexity index is 804. The van der Waals surface area contributed by atoms with Gasteiger partial charge in [0, 0.05) is 18.4 Å².